The fraction of sp³-hybridized carbons (Fsp3) is 0.667. The summed E-state index contributed by atoms with van der Waals surface area (Å²) in [5.74, 6) is 2.36. The van der Waals surface area contributed by atoms with E-state index >= 15 is 0 Å². The lowest BCUT2D eigenvalue weighted by Gasteiger charge is -2.41. The molecule has 0 heterocycles. The van der Waals surface area contributed by atoms with Crippen LogP contribution in [-0.4, -0.2) is 14.1 Å². The number of hydrogen-bond acceptors (Lipinski definition) is 2. The second-order valence-corrected chi connectivity index (χ2v) is 17.0. The number of allylic oxidation sites excluding steroid dienone is 2. The molecule has 0 radical (unpaired) electrons. The second kappa shape index (κ2) is 7.08. The molecule has 3 aliphatic rings. The van der Waals surface area contributed by atoms with E-state index in [9.17, 15) is 4.79 Å². The summed E-state index contributed by atoms with van der Waals surface area (Å²) in [5.41, 5.74) is 6.12. The molecule has 4 rings (SSSR count). The average molecular weight is 425 g/mol. The Morgan fingerprint density at radius 1 is 1.13 bits per heavy atom. The van der Waals surface area contributed by atoms with Gasteiger partial charge >= 0.3 is 0 Å². The number of Topliss-reactive ketones (excluding diaryl/α,β-unsaturated/α-hetero) is 1. The summed E-state index contributed by atoms with van der Waals surface area (Å²) in [7, 11) is -1.88. The highest BCUT2D eigenvalue weighted by molar-refractivity contribution is 6.74. The highest BCUT2D eigenvalue weighted by atomic mass is 28.4. The minimum atomic E-state index is -1.88. The molecular weight excluding hydrogens is 384 g/mol. The van der Waals surface area contributed by atoms with E-state index < -0.39 is 8.32 Å². The molecule has 1 aromatic carbocycles. The summed E-state index contributed by atoms with van der Waals surface area (Å²) in [4.78, 5) is 13.2. The molecular formula is C27H40O2Si. The van der Waals surface area contributed by atoms with Crippen molar-refractivity contribution in [2.24, 2.45) is 23.2 Å². The van der Waals surface area contributed by atoms with Gasteiger partial charge in [-0.1, -0.05) is 53.2 Å². The number of carbonyl (C=O) groups is 1. The molecule has 3 heteroatoms. The molecule has 30 heavy (non-hydrogen) atoms. The van der Waals surface area contributed by atoms with Crippen LogP contribution in [0.5, 0.6) is 5.75 Å². The van der Waals surface area contributed by atoms with E-state index in [0.29, 0.717) is 17.6 Å². The standard InChI is InChI=1S/C27H40O2Si/c1-17-21-14-18-11-12-19(29-30(7,8)26(2,3)4)15-22(18)25(21)20-10-9-13-27(5,6)23(20)16-24(17)28/h11-12,15,17,21,23H,9-10,13-14,16H2,1-8H3/t17-,21+,23-/m1/s1. The van der Waals surface area contributed by atoms with Gasteiger partial charge in [-0.25, -0.2) is 0 Å². The SMILES string of the molecule is C[C@H]1C(=O)C[C@@H]2C(=C3c4cc(O[Si](C)(C)C(C)(C)C)ccc4C[C@H]31)CCCC2(C)C. The monoisotopic (exact) mass is 424 g/mol. The zero-order chi connectivity index (χ0) is 22.1. The molecule has 1 aromatic rings. The maximum absolute atomic E-state index is 13.2. The molecule has 2 nitrogen and oxygen atoms in total. The third-order valence-corrected chi connectivity index (χ3v) is 13.2. The lowest BCUT2D eigenvalue weighted by atomic mass is 9.64. The van der Waals surface area contributed by atoms with Gasteiger partial charge in [0.25, 0.3) is 0 Å². The molecule has 0 bridgehead atoms. The molecule has 0 saturated heterocycles. The Kier molecular flexibility index (Phi) is 5.16. The van der Waals surface area contributed by atoms with Crippen molar-refractivity contribution >= 4 is 19.7 Å². The van der Waals surface area contributed by atoms with Crippen molar-refractivity contribution < 1.29 is 9.22 Å². The van der Waals surface area contributed by atoms with Crippen LogP contribution in [0.2, 0.25) is 18.1 Å². The number of benzene rings is 1. The van der Waals surface area contributed by atoms with Gasteiger partial charge in [0.1, 0.15) is 11.5 Å². The predicted octanol–water partition coefficient (Wildman–Crippen LogP) is 7.43. The summed E-state index contributed by atoms with van der Waals surface area (Å²) in [6, 6.07) is 6.77. The van der Waals surface area contributed by atoms with Crippen LogP contribution in [0.1, 0.15) is 78.4 Å². The highest BCUT2D eigenvalue weighted by Gasteiger charge is 2.46. The fourth-order valence-corrected chi connectivity index (χ4v) is 6.78. The smallest absolute Gasteiger partial charge is 0.250 e. The number of ketones is 1. The van der Waals surface area contributed by atoms with E-state index in [1.54, 1.807) is 5.57 Å². The first-order valence-electron chi connectivity index (χ1n) is 11.9. The van der Waals surface area contributed by atoms with Gasteiger partial charge in [-0.2, -0.15) is 0 Å². The minimum Gasteiger partial charge on any atom is -0.543 e. The first-order valence-corrected chi connectivity index (χ1v) is 14.8. The normalized spacial score (nSPS) is 28.5. The number of hydrogen-bond donors (Lipinski definition) is 0. The van der Waals surface area contributed by atoms with Crippen molar-refractivity contribution in [2.75, 3.05) is 0 Å². The van der Waals surface area contributed by atoms with Gasteiger partial charge < -0.3 is 4.43 Å². The Hall–Kier alpha value is -1.35. The molecule has 0 spiro atoms. The quantitative estimate of drug-likeness (QED) is 0.461. The van der Waals surface area contributed by atoms with Crippen molar-refractivity contribution in [1.82, 2.24) is 0 Å². The topological polar surface area (TPSA) is 26.3 Å². The summed E-state index contributed by atoms with van der Waals surface area (Å²) < 4.78 is 6.68. The summed E-state index contributed by atoms with van der Waals surface area (Å²) in [6.07, 6.45) is 5.37. The van der Waals surface area contributed by atoms with Crippen LogP contribution in [0.4, 0.5) is 0 Å². The molecule has 0 aromatic heterocycles. The fourth-order valence-electron chi connectivity index (χ4n) is 5.76. The maximum Gasteiger partial charge on any atom is 0.250 e. The Bertz CT molecular complexity index is 900. The third-order valence-electron chi connectivity index (χ3n) is 8.86. The minimum absolute atomic E-state index is 0.117. The molecule has 3 aliphatic carbocycles. The van der Waals surface area contributed by atoms with Crippen molar-refractivity contribution in [1.29, 1.82) is 0 Å². The maximum atomic E-state index is 13.2. The van der Waals surface area contributed by atoms with E-state index in [4.69, 9.17) is 4.43 Å². The van der Waals surface area contributed by atoms with Crippen LogP contribution < -0.4 is 4.43 Å². The molecule has 0 unspecified atom stereocenters. The predicted molar refractivity (Wildman–Crippen MR) is 128 cm³/mol. The van der Waals surface area contributed by atoms with Gasteiger partial charge in [0, 0.05) is 12.3 Å². The zero-order valence-electron chi connectivity index (χ0n) is 20.3. The Morgan fingerprint density at radius 3 is 2.50 bits per heavy atom. The van der Waals surface area contributed by atoms with E-state index in [2.05, 4.69) is 72.8 Å². The number of carbonyl (C=O) groups excluding carboxylic acids is 1. The molecule has 1 fully saturated rings. The average Bonchev–Trinajstić information content (AvgIpc) is 2.94. The van der Waals surface area contributed by atoms with Crippen molar-refractivity contribution in [2.45, 2.75) is 91.8 Å². The van der Waals surface area contributed by atoms with Gasteiger partial charge in [-0.05, 0) is 89.9 Å². The number of fused-ring (bicyclic) bond motifs is 4. The van der Waals surface area contributed by atoms with Crippen LogP contribution >= 0.6 is 0 Å². The van der Waals surface area contributed by atoms with Crippen LogP contribution in [0.15, 0.2) is 23.8 Å². The molecule has 1 saturated carbocycles. The van der Waals surface area contributed by atoms with Gasteiger partial charge in [0.15, 0.2) is 0 Å². The first kappa shape index (κ1) is 21.9. The van der Waals surface area contributed by atoms with E-state index in [1.165, 1.54) is 29.5 Å². The van der Waals surface area contributed by atoms with Crippen LogP contribution in [0.3, 0.4) is 0 Å². The number of rotatable bonds is 2. The van der Waals surface area contributed by atoms with Crippen molar-refractivity contribution in [3.05, 3.63) is 34.9 Å². The van der Waals surface area contributed by atoms with E-state index in [1.807, 2.05) is 0 Å². The van der Waals surface area contributed by atoms with Gasteiger partial charge in [-0.15, -0.1) is 0 Å². The largest absolute Gasteiger partial charge is 0.543 e. The van der Waals surface area contributed by atoms with Crippen molar-refractivity contribution in [3.63, 3.8) is 0 Å². The zero-order valence-corrected chi connectivity index (χ0v) is 21.3. The second-order valence-electron chi connectivity index (χ2n) is 12.3. The molecule has 3 atom stereocenters. The third kappa shape index (κ3) is 3.51. The van der Waals surface area contributed by atoms with Crippen LogP contribution in [-0.2, 0) is 11.2 Å². The molecule has 164 valence electrons. The highest BCUT2D eigenvalue weighted by Crippen LogP contribution is 2.56. The van der Waals surface area contributed by atoms with Gasteiger partial charge in [0.05, 0.1) is 0 Å². The molecule has 0 aliphatic heterocycles. The molecule has 0 amide bonds. The molecule has 0 N–H and O–H groups in total. The Morgan fingerprint density at radius 2 is 1.83 bits per heavy atom. The van der Waals surface area contributed by atoms with E-state index in [0.717, 1.165) is 25.0 Å². The summed E-state index contributed by atoms with van der Waals surface area (Å²) in [5, 5.41) is 0.179. The Balaban J connectivity index is 1.82. The van der Waals surface area contributed by atoms with Crippen LogP contribution in [0.25, 0.3) is 5.57 Å². The van der Waals surface area contributed by atoms with Gasteiger partial charge in [0.2, 0.25) is 8.32 Å². The lowest BCUT2D eigenvalue weighted by molar-refractivity contribution is -0.124. The van der Waals surface area contributed by atoms with Gasteiger partial charge in [-0.3, -0.25) is 4.79 Å². The van der Waals surface area contributed by atoms with Crippen molar-refractivity contribution in [3.8, 4) is 5.75 Å². The summed E-state index contributed by atoms with van der Waals surface area (Å²) >= 11 is 0. The first-order chi connectivity index (χ1) is 13.8. The Labute approximate surface area is 184 Å². The van der Waals surface area contributed by atoms with E-state index in [-0.39, 0.29) is 16.4 Å². The van der Waals surface area contributed by atoms with Crippen LogP contribution in [0, 0.1) is 23.2 Å². The summed E-state index contributed by atoms with van der Waals surface area (Å²) in [6.45, 7) is 18.4. The lowest BCUT2D eigenvalue weighted by Crippen LogP contribution is -2.43.